The number of hydrogen-bond acceptors (Lipinski definition) is 6. The van der Waals surface area contributed by atoms with Crippen LogP contribution in [0.4, 0.5) is 11.5 Å². The fourth-order valence-electron chi connectivity index (χ4n) is 3.20. The van der Waals surface area contributed by atoms with Gasteiger partial charge in [0, 0.05) is 22.0 Å². The predicted molar refractivity (Wildman–Crippen MR) is 117 cm³/mol. The van der Waals surface area contributed by atoms with Crippen molar-refractivity contribution in [2.45, 2.75) is 6.92 Å². The van der Waals surface area contributed by atoms with E-state index in [-0.39, 0.29) is 5.97 Å². The number of ether oxygens (including phenoxy) is 2. The van der Waals surface area contributed by atoms with Crippen molar-refractivity contribution in [3.63, 3.8) is 0 Å². The number of carbonyl (C=O) groups is 1. The van der Waals surface area contributed by atoms with E-state index in [1.807, 2.05) is 60.7 Å². The number of carbonyl (C=O) groups excluding carboxylic acids is 1. The quantitative estimate of drug-likeness (QED) is 0.448. The zero-order chi connectivity index (χ0) is 20.9. The summed E-state index contributed by atoms with van der Waals surface area (Å²) in [6, 6.07) is 22.8. The Bertz CT molecular complexity index is 1170. The Morgan fingerprint density at radius 1 is 0.900 bits per heavy atom. The molecule has 30 heavy (non-hydrogen) atoms. The summed E-state index contributed by atoms with van der Waals surface area (Å²) in [7, 11) is 1.64. The molecule has 1 aromatic heterocycles. The predicted octanol–water partition coefficient (Wildman–Crippen LogP) is 5.23. The van der Waals surface area contributed by atoms with Crippen molar-refractivity contribution >= 4 is 28.2 Å². The van der Waals surface area contributed by atoms with Crippen LogP contribution in [0.5, 0.6) is 5.75 Å². The third kappa shape index (κ3) is 3.93. The van der Waals surface area contributed by atoms with Gasteiger partial charge in [-0.25, -0.2) is 4.79 Å². The largest absolute Gasteiger partial charge is 0.497 e. The van der Waals surface area contributed by atoms with Gasteiger partial charge in [0.15, 0.2) is 5.82 Å². The summed E-state index contributed by atoms with van der Waals surface area (Å²) in [4.78, 5) is 11.8. The fraction of sp³-hybridized carbons (Fsp3) is 0.125. The molecular formula is C24H21N3O3. The monoisotopic (exact) mass is 399 g/mol. The molecule has 6 nitrogen and oxygen atoms in total. The fourth-order valence-corrected chi connectivity index (χ4v) is 3.20. The average Bonchev–Trinajstić information content (AvgIpc) is 2.80. The molecule has 0 fully saturated rings. The molecule has 0 bridgehead atoms. The minimum atomic E-state index is -0.335. The van der Waals surface area contributed by atoms with Crippen LogP contribution >= 0.6 is 0 Å². The van der Waals surface area contributed by atoms with Crippen molar-refractivity contribution in [2.24, 2.45) is 0 Å². The van der Waals surface area contributed by atoms with Gasteiger partial charge in [0.2, 0.25) is 0 Å². The van der Waals surface area contributed by atoms with Crippen molar-refractivity contribution < 1.29 is 14.3 Å². The number of anilines is 2. The van der Waals surface area contributed by atoms with E-state index in [0.717, 1.165) is 33.5 Å². The van der Waals surface area contributed by atoms with Gasteiger partial charge in [0.25, 0.3) is 0 Å². The van der Waals surface area contributed by atoms with Gasteiger partial charge in [-0.05, 0) is 55.5 Å². The zero-order valence-corrected chi connectivity index (χ0v) is 16.8. The van der Waals surface area contributed by atoms with Crippen LogP contribution in [0.2, 0.25) is 0 Å². The summed E-state index contributed by atoms with van der Waals surface area (Å²) in [6.07, 6.45) is 0. The third-order valence-electron chi connectivity index (χ3n) is 4.71. The summed E-state index contributed by atoms with van der Waals surface area (Å²) >= 11 is 0. The van der Waals surface area contributed by atoms with Crippen LogP contribution in [0.1, 0.15) is 17.3 Å². The average molecular weight is 399 g/mol. The molecule has 6 heteroatoms. The summed E-state index contributed by atoms with van der Waals surface area (Å²) in [5.41, 5.74) is 3.08. The molecule has 1 heterocycles. The van der Waals surface area contributed by atoms with Crippen LogP contribution in [0.3, 0.4) is 0 Å². The molecule has 0 aliphatic heterocycles. The number of rotatable bonds is 6. The molecule has 1 N–H and O–H groups in total. The van der Waals surface area contributed by atoms with Crippen LogP contribution in [-0.4, -0.2) is 29.9 Å². The Labute approximate surface area is 174 Å². The smallest absolute Gasteiger partial charge is 0.338 e. The SMILES string of the molecule is CCOC(=O)c1ccc(Nc2nnc(-c3ccc(OC)cc3)c3ccccc23)cc1. The lowest BCUT2D eigenvalue weighted by atomic mass is 10.0. The van der Waals surface area contributed by atoms with E-state index in [1.54, 1.807) is 26.2 Å². The second kappa shape index (κ2) is 8.61. The maximum absolute atomic E-state index is 11.8. The number of hydrogen-bond donors (Lipinski definition) is 1. The Balaban J connectivity index is 1.66. The highest BCUT2D eigenvalue weighted by molar-refractivity contribution is 6.01. The molecule has 150 valence electrons. The van der Waals surface area contributed by atoms with Crippen molar-refractivity contribution in [2.75, 3.05) is 19.0 Å². The number of aromatic nitrogens is 2. The standard InChI is InChI=1S/C24H21N3O3/c1-3-30-24(28)17-8-12-18(13-9-17)25-23-21-7-5-4-6-20(21)22(26-27-23)16-10-14-19(29-2)15-11-16/h4-15H,3H2,1-2H3,(H,25,27). The zero-order valence-electron chi connectivity index (χ0n) is 16.8. The number of nitrogens with zero attached hydrogens (tertiary/aromatic N) is 2. The minimum absolute atomic E-state index is 0.335. The summed E-state index contributed by atoms with van der Waals surface area (Å²) in [5.74, 6) is 1.10. The maximum Gasteiger partial charge on any atom is 0.338 e. The molecule has 0 saturated heterocycles. The van der Waals surface area contributed by atoms with Crippen LogP contribution in [0, 0.1) is 0 Å². The van der Waals surface area contributed by atoms with Gasteiger partial charge in [-0.3, -0.25) is 0 Å². The van der Waals surface area contributed by atoms with E-state index < -0.39 is 0 Å². The molecular weight excluding hydrogens is 378 g/mol. The molecule has 3 aromatic carbocycles. The first-order chi connectivity index (χ1) is 14.7. The molecule has 0 unspecified atom stereocenters. The van der Waals surface area contributed by atoms with Crippen molar-refractivity contribution in [1.29, 1.82) is 0 Å². The first-order valence-corrected chi connectivity index (χ1v) is 9.63. The first kappa shape index (κ1) is 19.4. The Morgan fingerprint density at radius 2 is 1.60 bits per heavy atom. The third-order valence-corrected chi connectivity index (χ3v) is 4.71. The normalized spacial score (nSPS) is 10.6. The molecule has 4 rings (SSSR count). The lowest BCUT2D eigenvalue weighted by Gasteiger charge is -2.12. The molecule has 0 aliphatic rings. The van der Waals surface area contributed by atoms with E-state index in [4.69, 9.17) is 9.47 Å². The van der Waals surface area contributed by atoms with E-state index >= 15 is 0 Å². The van der Waals surface area contributed by atoms with E-state index in [2.05, 4.69) is 15.5 Å². The number of fused-ring (bicyclic) bond motifs is 1. The molecule has 0 aliphatic carbocycles. The molecule has 0 atom stereocenters. The van der Waals surface area contributed by atoms with Gasteiger partial charge < -0.3 is 14.8 Å². The maximum atomic E-state index is 11.8. The molecule has 0 saturated carbocycles. The summed E-state index contributed by atoms with van der Waals surface area (Å²) in [6.45, 7) is 2.13. The number of methoxy groups -OCH3 is 1. The molecule has 0 spiro atoms. The van der Waals surface area contributed by atoms with Gasteiger partial charge in [-0.1, -0.05) is 24.3 Å². The second-order valence-electron chi connectivity index (χ2n) is 6.59. The Kier molecular flexibility index (Phi) is 5.57. The Morgan fingerprint density at radius 3 is 2.27 bits per heavy atom. The Hall–Kier alpha value is -3.93. The van der Waals surface area contributed by atoms with Crippen molar-refractivity contribution in [1.82, 2.24) is 10.2 Å². The van der Waals surface area contributed by atoms with Gasteiger partial charge in [0.05, 0.1) is 19.3 Å². The van der Waals surface area contributed by atoms with Gasteiger partial charge in [-0.15, -0.1) is 10.2 Å². The summed E-state index contributed by atoms with van der Waals surface area (Å²) < 4.78 is 10.3. The van der Waals surface area contributed by atoms with E-state index in [1.165, 1.54) is 0 Å². The first-order valence-electron chi connectivity index (χ1n) is 9.63. The van der Waals surface area contributed by atoms with Crippen LogP contribution in [-0.2, 0) is 4.74 Å². The van der Waals surface area contributed by atoms with E-state index in [9.17, 15) is 4.79 Å². The lowest BCUT2D eigenvalue weighted by Crippen LogP contribution is -2.04. The minimum Gasteiger partial charge on any atom is -0.497 e. The molecule has 0 amide bonds. The highest BCUT2D eigenvalue weighted by Crippen LogP contribution is 2.31. The topological polar surface area (TPSA) is 73.3 Å². The number of esters is 1. The summed E-state index contributed by atoms with van der Waals surface area (Å²) in [5, 5.41) is 14.1. The van der Waals surface area contributed by atoms with Crippen molar-refractivity contribution in [3.8, 4) is 17.0 Å². The van der Waals surface area contributed by atoms with E-state index in [0.29, 0.717) is 18.0 Å². The van der Waals surface area contributed by atoms with Crippen LogP contribution in [0.25, 0.3) is 22.0 Å². The number of nitrogens with one attached hydrogen (secondary N) is 1. The molecule has 4 aromatic rings. The highest BCUT2D eigenvalue weighted by atomic mass is 16.5. The number of benzene rings is 3. The van der Waals surface area contributed by atoms with Gasteiger partial charge in [0.1, 0.15) is 11.4 Å². The second-order valence-corrected chi connectivity index (χ2v) is 6.59. The van der Waals surface area contributed by atoms with Crippen LogP contribution in [0.15, 0.2) is 72.8 Å². The molecule has 0 radical (unpaired) electrons. The van der Waals surface area contributed by atoms with Crippen molar-refractivity contribution in [3.05, 3.63) is 78.4 Å². The van der Waals surface area contributed by atoms with Gasteiger partial charge in [-0.2, -0.15) is 0 Å². The lowest BCUT2D eigenvalue weighted by molar-refractivity contribution is 0.0526. The highest BCUT2D eigenvalue weighted by Gasteiger charge is 2.12. The van der Waals surface area contributed by atoms with Gasteiger partial charge >= 0.3 is 5.97 Å². The van der Waals surface area contributed by atoms with Crippen LogP contribution < -0.4 is 10.1 Å².